The number of alkyl halides is 3. The van der Waals surface area contributed by atoms with Crippen molar-refractivity contribution in [2.45, 2.75) is 63.3 Å². The van der Waals surface area contributed by atoms with Gasteiger partial charge in [-0.15, -0.1) is 10.2 Å². The van der Waals surface area contributed by atoms with Crippen LogP contribution in [0.25, 0.3) is 5.69 Å². The van der Waals surface area contributed by atoms with Crippen LogP contribution in [0.3, 0.4) is 0 Å². The summed E-state index contributed by atoms with van der Waals surface area (Å²) in [4.78, 5) is 8.44. The average molecular weight is 503 g/mol. The molecule has 1 saturated carbocycles. The van der Waals surface area contributed by atoms with Gasteiger partial charge in [0.15, 0.2) is 5.82 Å². The van der Waals surface area contributed by atoms with Gasteiger partial charge in [0.1, 0.15) is 17.2 Å². The minimum atomic E-state index is -4.29. The maximum Gasteiger partial charge on any atom is 0.406 e. The highest BCUT2D eigenvalue weighted by atomic mass is 35.5. The molecule has 0 radical (unpaired) electrons. The smallest absolute Gasteiger partial charge is 0.357 e. The highest BCUT2D eigenvalue weighted by Gasteiger charge is 2.66. The Morgan fingerprint density at radius 2 is 1.80 bits per heavy atom. The first kappa shape index (κ1) is 22.8. The molecule has 0 unspecified atom stereocenters. The summed E-state index contributed by atoms with van der Waals surface area (Å²) >= 11 is 6.28. The van der Waals surface area contributed by atoms with E-state index in [9.17, 15) is 13.2 Å². The number of rotatable bonds is 3. The molecule has 0 N–H and O–H groups in total. The molecule has 10 heteroatoms. The van der Waals surface area contributed by atoms with Crippen LogP contribution >= 0.6 is 11.6 Å². The van der Waals surface area contributed by atoms with Crippen molar-refractivity contribution < 1.29 is 13.2 Å². The van der Waals surface area contributed by atoms with Crippen molar-refractivity contribution in [3.8, 4) is 5.69 Å². The second kappa shape index (κ2) is 8.20. The van der Waals surface area contributed by atoms with Gasteiger partial charge in [-0.1, -0.05) is 17.7 Å². The maximum absolute atomic E-state index is 14.0. The van der Waals surface area contributed by atoms with Gasteiger partial charge in [-0.3, -0.25) is 9.47 Å². The molecule has 1 aliphatic carbocycles. The van der Waals surface area contributed by atoms with Crippen LogP contribution in [0.4, 0.5) is 19.0 Å². The number of piperidine rings is 1. The van der Waals surface area contributed by atoms with Crippen LogP contribution in [-0.2, 0) is 13.1 Å². The lowest BCUT2D eigenvalue weighted by Gasteiger charge is -2.32. The minimum Gasteiger partial charge on any atom is -0.357 e. The summed E-state index contributed by atoms with van der Waals surface area (Å²) < 4.78 is 44.1. The Kier molecular flexibility index (Phi) is 5.34. The highest BCUT2D eigenvalue weighted by molar-refractivity contribution is 6.30. The second-order valence-electron chi connectivity index (χ2n) is 9.87. The molecule has 0 amide bonds. The number of benzene rings is 1. The predicted molar refractivity (Wildman–Crippen MR) is 127 cm³/mol. The number of halogens is 4. The van der Waals surface area contributed by atoms with Gasteiger partial charge >= 0.3 is 6.18 Å². The summed E-state index contributed by atoms with van der Waals surface area (Å²) in [5.41, 5.74) is 0.793. The van der Waals surface area contributed by atoms with E-state index in [0.29, 0.717) is 10.8 Å². The van der Waals surface area contributed by atoms with E-state index in [2.05, 4.69) is 20.1 Å². The molecule has 2 aliphatic heterocycles. The van der Waals surface area contributed by atoms with Crippen LogP contribution in [0.15, 0.2) is 36.4 Å². The Morgan fingerprint density at radius 3 is 2.49 bits per heavy atom. The zero-order chi connectivity index (χ0) is 24.4. The van der Waals surface area contributed by atoms with Gasteiger partial charge in [-0.2, -0.15) is 13.2 Å². The summed E-state index contributed by atoms with van der Waals surface area (Å²) in [7, 11) is 0. The van der Waals surface area contributed by atoms with Crippen LogP contribution in [-0.4, -0.2) is 49.5 Å². The van der Waals surface area contributed by atoms with Crippen molar-refractivity contribution in [1.82, 2.24) is 24.6 Å². The van der Waals surface area contributed by atoms with Crippen LogP contribution in [0.1, 0.15) is 54.5 Å². The van der Waals surface area contributed by atoms with Crippen molar-refractivity contribution in [2.75, 3.05) is 18.0 Å². The fourth-order valence-corrected chi connectivity index (χ4v) is 5.76. The van der Waals surface area contributed by atoms with E-state index in [1.54, 1.807) is 12.1 Å². The van der Waals surface area contributed by atoms with Crippen molar-refractivity contribution >= 4 is 17.4 Å². The zero-order valence-corrected chi connectivity index (χ0v) is 20.1. The standard InChI is InChI=1S/C25H26ClF3N6/c1-16-3-2-4-21(30-16)33-11-7-17(8-12-33)23-32-31-22-15-34(24(9-10-24)25(27,28)29)14-18-13-19(26)5-6-20(18)35(22)23/h2-6,13,17H,7-12,14-15H2,1H3. The molecule has 1 aromatic carbocycles. The van der Waals surface area contributed by atoms with Crippen molar-refractivity contribution in [3.05, 3.63) is 64.3 Å². The Morgan fingerprint density at radius 1 is 1.03 bits per heavy atom. The van der Waals surface area contributed by atoms with Gasteiger partial charge in [0.2, 0.25) is 0 Å². The number of aromatic nitrogens is 4. The van der Waals surface area contributed by atoms with Crippen molar-refractivity contribution in [2.24, 2.45) is 0 Å². The van der Waals surface area contributed by atoms with Gasteiger partial charge in [0, 0.05) is 36.3 Å². The Balaban J connectivity index is 1.33. The van der Waals surface area contributed by atoms with Crippen LogP contribution in [0.5, 0.6) is 0 Å². The number of fused-ring (bicyclic) bond motifs is 3. The normalized spacial score (nSPS) is 20.3. The molecule has 6 rings (SSSR count). The summed E-state index contributed by atoms with van der Waals surface area (Å²) in [6, 6.07) is 11.5. The molecule has 3 aromatic rings. The molecule has 0 spiro atoms. The molecule has 4 heterocycles. The monoisotopic (exact) mass is 502 g/mol. The molecule has 0 atom stereocenters. The molecule has 35 heavy (non-hydrogen) atoms. The first-order valence-electron chi connectivity index (χ1n) is 12.0. The van der Waals surface area contributed by atoms with E-state index in [-0.39, 0.29) is 31.8 Å². The zero-order valence-electron chi connectivity index (χ0n) is 19.4. The minimum absolute atomic E-state index is 0.102. The first-order chi connectivity index (χ1) is 16.7. The van der Waals surface area contributed by atoms with Gasteiger partial charge in [0.25, 0.3) is 0 Å². The molecule has 6 nitrogen and oxygen atoms in total. The number of pyridine rings is 1. The lowest BCUT2D eigenvalue weighted by molar-refractivity contribution is -0.200. The van der Waals surface area contributed by atoms with E-state index in [1.165, 1.54) is 4.90 Å². The average Bonchev–Trinajstić information content (AvgIpc) is 3.58. The lowest BCUT2D eigenvalue weighted by Crippen LogP contribution is -2.47. The number of aryl methyl sites for hydroxylation is 1. The third-order valence-electron chi connectivity index (χ3n) is 7.65. The van der Waals surface area contributed by atoms with E-state index >= 15 is 0 Å². The fraction of sp³-hybridized carbons (Fsp3) is 0.480. The maximum atomic E-state index is 14.0. The molecular weight excluding hydrogens is 477 g/mol. The second-order valence-corrected chi connectivity index (χ2v) is 10.3. The van der Waals surface area contributed by atoms with E-state index < -0.39 is 11.7 Å². The number of anilines is 1. The quantitative estimate of drug-likeness (QED) is 0.479. The molecular formula is C25H26ClF3N6. The number of hydrogen-bond donors (Lipinski definition) is 0. The van der Waals surface area contributed by atoms with Gasteiger partial charge in [-0.05, 0) is 68.5 Å². The summed E-state index contributed by atoms with van der Waals surface area (Å²) in [6.45, 7) is 3.93. The Hall–Kier alpha value is -2.65. The molecule has 1 saturated heterocycles. The molecule has 184 valence electrons. The summed E-state index contributed by atoms with van der Waals surface area (Å²) in [5, 5.41) is 9.47. The van der Waals surface area contributed by atoms with Crippen LogP contribution < -0.4 is 4.90 Å². The molecule has 2 fully saturated rings. The third kappa shape index (κ3) is 3.89. The third-order valence-corrected chi connectivity index (χ3v) is 7.88. The lowest BCUT2D eigenvalue weighted by atomic mass is 9.95. The van der Waals surface area contributed by atoms with Gasteiger partial charge in [0.05, 0.1) is 12.2 Å². The summed E-state index contributed by atoms with van der Waals surface area (Å²) in [6.07, 6.45) is -2.34. The SMILES string of the molecule is Cc1cccc(N2CCC(c3nnc4n3-c3ccc(Cl)cc3CN(C3(C(F)(F)F)CC3)C4)CC2)n1. The van der Waals surface area contributed by atoms with Crippen LogP contribution in [0.2, 0.25) is 5.02 Å². The van der Waals surface area contributed by atoms with Crippen LogP contribution in [0, 0.1) is 6.92 Å². The van der Waals surface area contributed by atoms with E-state index in [1.807, 2.05) is 35.8 Å². The number of hydrogen-bond acceptors (Lipinski definition) is 5. The van der Waals surface area contributed by atoms with Gasteiger partial charge < -0.3 is 4.90 Å². The topological polar surface area (TPSA) is 50.1 Å². The highest BCUT2D eigenvalue weighted by Crippen LogP contribution is 2.55. The predicted octanol–water partition coefficient (Wildman–Crippen LogP) is 5.42. The molecule has 3 aliphatic rings. The Bertz CT molecular complexity index is 1260. The van der Waals surface area contributed by atoms with Crippen molar-refractivity contribution in [1.29, 1.82) is 0 Å². The summed E-state index contributed by atoms with van der Waals surface area (Å²) in [5.74, 6) is 2.50. The largest absolute Gasteiger partial charge is 0.406 e. The molecule has 0 bridgehead atoms. The van der Waals surface area contributed by atoms with E-state index in [0.717, 1.165) is 54.5 Å². The first-order valence-corrected chi connectivity index (χ1v) is 12.4. The number of nitrogens with zero attached hydrogens (tertiary/aromatic N) is 6. The molecule has 2 aromatic heterocycles. The Labute approximate surface area is 206 Å². The fourth-order valence-electron chi connectivity index (χ4n) is 5.56. The van der Waals surface area contributed by atoms with Gasteiger partial charge in [-0.25, -0.2) is 4.98 Å². The van der Waals surface area contributed by atoms with E-state index in [4.69, 9.17) is 11.6 Å². The van der Waals surface area contributed by atoms with Crippen molar-refractivity contribution in [3.63, 3.8) is 0 Å².